The van der Waals surface area contributed by atoms with Crippen molar-refractivity contribution in [3.05, 3.63) is 41.8 Å². The fourth-order valence-corrected chi connectivity index (χ4v) is 1.22. The molecule has 0 aliphatic rings. The van der Waals surface area contributed by atoms with Crippen molar-refractivity contribution in [2.75, 3.05) is 0 Å². The van der Waals surface area contributed by atoms with Gasteiger partial charge >= 0.3 is 5.97 Å². The maximum absolute atomic E-state index is 10.6. The predicted molar refractivity (Wildman–Crippen MR) is 54.3 cm³/mol. The molecule has 1 N–H and O–H groups in total. The Morgan fingerprint density at radius 2 is 2.12 bits per heavy atom. The summed E-state index contributed by atoms with van der Waals surface area (Å²) in [5, 5.41) is 8.68. The van der Waals surface area contributed by atoms with Gasteiger partial charge in [0.05, 0.1) is 5.56 Å². The summed E-state index contributed by atoms with van der Waals surface area (Å²) < 4.78 is 5.14. The van der Waals surface area contributed by atoms with Gasteiger partial charge in [0.2, 0.25) is 0 Å². The van der Waals surface area contributed by atoms with Gasteiger partial charge in [-0.2, -0.15) is 0 Å². The van der Waals surface area contributed by atoms with E-state index in [-0.39, 0.29) is 11.3 Å². The lowest BCUT2D eigenvalue weighted by Crippen LogP contribution is -1.96. The SMILES string of the molecule is O=Cc1ccc(-c2ccc(C(=O)O)cn2)o1. The van der Waals surface area contributed by atoms with Gasteiger partial charge in [-0.15, -0.1) is 0 Å². The first kappa shape index (κ1) is 10.1. The second kappa shape index (κ2) is 3.98. The zero-order valence-electron chi connectivity index (χ0n) is 8.08. The number of carboxylic acids is 1. The number of furan rings is 1. The molecule has 0 spiro atoms. The molecule has 0 fully saturated rings. The summed E-state index contributed by atoms with van der Waals surface area (Å²) >= 11 is 0. The molecule has 0 amide bonds. The Labute approximate surface area is 90.3 Å². The average molecular weight is 217 g/mol. The van der Waals surface area contributed by atoms with Crippen molar-refractivity contribution in [3.8, 4) is 11.5 Å². The normalized spacial score (nSPS) is 10.0. The van der Waals surface area contributed by atoms with Gasteiger partial charge < -0.3 is 9.52 Å². The van der Waals surface area contributed by atoms with E-state index in [1.807, 2.05) is 0 Å². The predicted octanol–water partition coefficient (Wildman–Crippen LogP) is 1.85. The van der Waals surface area contributed by atoms with Crippen molar-refractivity contribution in [2.24, 2.45) is 0 Å². The Morgan fingerprint density at radius 3 is 2.62 bits per heavy atom. The highest BCUT2D eigenvalue weighted by Crippen LogP contribution is 2.19. The van der Waals surface area contributed by atoms with E-state index in [9.17, 15) is 9.59 Å². The van der Waals surface area contributed by atoms with Gasteiger partial charge in [-0.3, -0.25) is 9.78 Å². The zero-order valence-corrected chi connectivity index (χ0v) is 8.08. The smallest absolute Gasteiger partial charge is 0.337 e. The number of aldehydes is 1. The second-order valence-corrected chi connectivity index (χ2v) is 3.06. The van der Waals surface area contributed by atoms with Crippen molar-refractivity contribution in [3.63, 3.8) is 0 Å². The van der Waals surface area contributed by atoms with E-state index >= 15 is 0 Å². The van der Waals surface area contributed by atoms with E-state index in [1.54, 1.807) is 6.07 Å². The van der Waals surface area contributed by atoms with E-state index in [0.29, 0.717) is 17.7 Å². The van der Waals surface area contributed by atoms with Crippen LogP contribution >= 0.6 is 0 Å². The van der Waals surface area contributed by atoms with Crippen molar-refractivity contribution in [1.82, 2.24) is 4.98 Å². The largest absolute Gasteiger partial charge is 0.478 e. The average Bonchev–Trinajstić information content (AvgIpc) is 2.77. The summed E-state index contributed by atoms with van der Waals surface area (Å²) in [6, 6.07) is 6.08. The van der Waals surface area contributed by atoms with Gasteiger partial charge in [0.15, 0.2) is 17.8 Å². The number of hydrogen-bond donors (Lipinski definition) is 1. The number of carbonyl (C=O) groups is 2. The Morgan fingerprint density at radius 1 is 1.31 bits per heavy atom. The van der Waals surface area contributed by atoms with Crippen LogP contribution in [0, 0.1) is 0 Å². The van der Waals surface area contributed by atoms with E-state index in [1.165, 1.54) is 24.4 Å². The summed E-state index contributed by atoms with van der Waals surface area (Å²) in [5.74, 6) is -0.398. The monoisotopic (exact) mass is 217 g/mol. The van der Waals surface area contributed by atoms with Gasteiger partial charge in [-0.1, -0.05) is 0 Å². The summed E-state index contributed by atoms with van der Waals surface area (Å²) in [4.78, 5) is 24.9. The van der Waals surface area contributed by atoms with Crippen LogP contribution < -0.4 is 0 Å². The van der Waals surface area contributed by atoms with Gasteiger partial charge in [0.1, 0.15) is 5.69 Å². The molecule has 0 atom stereocenters. The van der Waals surface area contributed by atoms with Crippen molar-refractivity contribution < 1.29 is 19.1 Å². The third-order valence-electron chi connectivity index (χ3n) is 2.01. The van der Waals surface area contributed by atoms with Crippen molar-refractivity contribution in [2.45, 2.75) is 0 Å². The van der Waals surface area contributed by atoms with E-state index in [0.717, 1.165) is 0 Å². The Hall–Kier alpha value is -2.43. The number of hydrogen-bond acceptors (Lipinski definition) is 4. The molecule has 16 heavy (non-hydrogen) atoms. The molecule has 80 valence electrons. The molecule has 0 aliphatic carbocycles. The van der Waals surface area contributed by atoms with Crippen LogP contribution in [0.4, 0.5) is 0 Å². The van der Waals surface area contributed by atoms with Gasteiger partial charge in [0.25, 0.3) is 0 Å². The van der Waals surface area contributed by atoms with Gasteiger partial charge in [-0.05, 0) is 24.3 Å². The number of aromatic carboxylic acids is 1. The molecule has 2 aromatic heterocycles. The van der Waals surface area contributed by atoms with Crippen molar-refractivity contribution >= 4 is 12.3 Å². The lowest BCUT2D eigenvalue weighted by Gasteiger charge is -1.96. The summed E-state index contributed by atoms with van der Waals surface area (Å²) in [6.45, 7) is 0. The minimum Gasteiger partial charge on any atom is -0.478 e. The summed E-state index contributed by atoms with van der Waals surface area (Å²) in [7, 11) is 0. The number of nitrogens with zero attached hydrogens (tertiary/aromatic N) is 1. The number of carbonyl (C=O) groups excluding carboxylic acids is 1. The van der Waals surface area contributed by atoms with Gasteiger partial charge in [-0.25, -0.2) is 4.79 Å². The number of rotatable bonds is 3. The number of aromatic nitrogens is 1. The molecule has 0 aliphatic heterocycles. The Kier molecular flexibility index (Phi) is 2.51. The van der Waals surface area contributed by atoms with Crippen LogP contribution in [0.25, 0.3) is 11.5 Å². The molecule has 0 aromatic carbocycles. The van der Waals surface area contributed by atoms with Gasteiger partial charge in [0, 0.05) is 6.20 Å². The third kappa shape index (κ3) is 1.83. The van der Waals surface area contributed by atoms with E-state index < -0.39 is 5.97 Å². The van der Waals surface area contributed by atoms with Crippen LogP contribution in [0.5, 0.6) is 0 Å². The van der Waals surface area contributed by atoms with Crippen LogP contribution in [-0.2, 0) is 0 Å². The second-order valence-electron chi connectivity index (χ2n) is 3.06. The highest BCUT2D eigenvalue weighted by atomic mass is 16.4. The Balaban J connectivity index is 2.34. The van der Waals surface area contributed by atoms with Crippen molar-refractivity contribution in [1.29, 1.82) is 0 Å². The molecule has 0 bridgehead atoms. The van der Waals surface area contributed by atoms with E-state index in [2.05, 4.69) is 4.98 Å². The highest BCUT2D eigenvalue weighted by Gasteiger charge is 2.07. The number of carboxylic acid groups (broad SMARTS) is 1. The molecule has 2 rings (SSSR count). The molecule has 5 nitrogen and oxygen atoms in total. The molecule has 5 heteroatoms. The quantitative estimate of drug-likeness (QED) is 0.793. The fraction of sp³-hybridized carbons (Fsp3) is 0. The van der Waals surface area contributed by atoms with E-state index in [4.69, 9.17) is 9.52 Å². The minimum absolute atomic E-state index is 0.103. The van der Waals surface area contributed by atoms with Crippen LogP contribution in [0.2, 0.25) is 0 Å². The zero-order chi connectivity index (χ0) is 11.5. The lowest BCUT2D eigenvalue weighted by molar-refractivity contribution is 0.0696. The van der Waals surface area contributed by atoms with Crippen LogP contribution in [0.3, 0.4) is 0 Å². The first-order valence-electron chi connectivity index (χ1n) is 4.45. The third-order valence-corrected chi connectivity index (χ3v) is 2.01. The molecular weight excluding hydrogens is 210 g/mol. The molecule has 0 saturated heterocycles. The molecule has 0 radical (unpaired) electrons. The first-order valence-corrected chi connectivity index (χ1v) is 4.45. The maximum atomic E-state index is 10.6. The molecule has 2 aromatic rings. The lowest BCUT2D eigenvalue weighted by atomic mass is 10.2. The molecular formula is C11H7NO4. The summed E-state index contributed by atoms with van der Waals surface area (Å²) in [6.07, 6.45) is 1.83. The van der Waals surface area contributed by atoms with Crippen LogP contribution in [0.1, 0.15) is 20.9 Å². The van der Waals surface area contributed by atoms with Crippen LogP contribution in [-0.4, -0.2) is 22.3 Å². The highest BCUT2D eigenvalue weighted by molar-refractivity contribution is 5.87. The molecule has 0 saturated carbocycles. The fourth-order valence-electron chi connectivity index (χ4n) is 1.22. The number of pyridine rings is 1. The summed E-state index contributed by atoms with van der Waals surface area (Å²) in [5.41, 5.74) is 0.587. The molecule has 0 unspecified atom stereocenters. The minimum atomic E-state index is -1.04. The first-order chi connectivity index (χ1) is 7.70. The topological polar surface area (TPSA) is 80.4 Å². The maximum Gasteiger partial charge on any atom is 0.337 e. The Bertz CT molecular complexity index is 527. The standard InChI is InChI=1S/C11H7NO4/c13-6-8-2-4-10(16-8)9-3-1-7(5-12-9)11(14)15/h1-6H,(H,14,15). The van der Waals surface area contributed by atoms with Crippen LogP contribution in [0.15, 0.2) is 34.9 Å². The molecule has 2 heterocycles.